The molecule has 0 saturated heterocycles. The molecule has 0 fully saturated rings. The van der Waals surface area contributed by atoms with Crippen LogP contribution >= 0.6 is 11.6 Å². The van der Waals surface area contributed by atoms with Gasteiger partial charge in [0.25, 0.3) is 5.24 Å². The van der Waals surface area contributed by atoms with Gasteiger partial charge in [-0.3, -0.25) is 4.79 Å². The Morgan fingerprint density at radius 1 is 1.15 bits per heavy atom. The third kappa shape index (κ3) is 1.90. The lowest BCUT2D eigenvalue weighted by atomic mass is 10.4. The van der Waals surface area contributed by atoms with Gasteiger partial charge >= 0.3 is 21.4 Å². The van der Waals surface area contributed by atoms with Crippen molar-refractivity contribution in [3.05, 3.63) is 0 Å². The standard InChI is InChI=1S/C3ClF5O3S/c4-1(10)2(5,3(6,7)8)13(9,11)12. The topological polar surface area (TPSA) is 51.2 Å². The quantitative estimate of drug-likeness (QED) is 0.545. The van der Waals surface area contributed by atoms with Gasteiger partial charge in [-0.25, -0.2) is 4.39 Å². The molecule has 10 heteroatoms. The van der Waals surface area contributed by atoms with E-state index in [1.165, 1.54) is 0 Å². The van der Waals surface area contributed by atoms with Crippen LogP contribution in [0.25, 0.3) is 0 Å². The minimum absolute atomic E-state index is 3.00. The molecule has 3 nitrogen and oxygen atoms in total. The monoisotopic (exact) mass is 246 g/mol. The number of hydrogen-bond donors (Lipinski definition) is 0. The van der Waals surface area contributed by atoms with E-state index in [1.807, 2.05) is 0 Å². The molecule has 0 aromatic rings. The van der Waals surface area contributed by atoms with Crippen molar-refractivity contribution >= 4 is 27.1 Å². The minimum atomic E-state index is -6.79. The summed E-state index contributed by atoms with van der Waals surface area (Å²) in [6, 6.07) is 0. The average Bonchev–Trinajstić information content (AvgIpc) is 1.80. The largest absolute Gasteiger partial charge is 0.449 e. The van der Waals surface area contributed by atoms with Crippen LogP contribution in [-0.4, -0.2) is 24.8 Å². The molecule has 0 radical (unpaired) electrons. The summed E-state index contributed by atoms with van der Waals surface area (Å²) in [5, 5.41) is -8.69. The van der Waals surface area contributed by atoms with E-state index in [9.17, 15) is 34.7 Å². The molecule has 0 rings (SSSR count). The van der Waals surface area contributed by atoms with Gasteiger partial charge in [-0.05, 0) is 11.6 Å². The molecule has 0 aliphatic rings. The first-order valence-corrected chi connectivity index (χ1v) is 4.10. The highest BCUT2D eigenvalue weighted by Gasteiger charge is 2.71. The predicted molar refractivity (Wildman–Crippen MR) is 30.8 cm³/mol. The number of carbonyl (C=O) groups is 1. The van der Waals surface area contributed by atoms with Crippen molar-refractivity contribution in [2.75, 3.05) is 0 Å². The van der Waals surface area contributed by atoms with Gasteiger partial charge in [0.1, 0.15) is 0 Å². The highest BCUT2D eigenvalue weighted by atomic mass is 35.5. The number of hydrogen-bond acceptors (Lipinski definition) is 3. The second kappa shape index (κ2) is 3.05. The van der Waals surface area contributed by atoms with Crippen molar-refractivity contribution in [1.29, 1.82) is 0 Å². The van der Waals surface area contributed by atoms with Crippen LogP contribution < -0.4 is 0 Å². The van der Waals surface area contributed by atoms with Crippen LogP contribution in [-0.2, 0) is 15.0 Å². The Balaban J connectivity index is 5.64. The van der Waals surface area contributed by atoms with Gasteiger partial charge < -0.3 is 0 Å². The summed E-state index contributed by atoms with van der Waals surface area (Å²) in [7, 11) is -6.79. The SMILES string of the molecule is O=C(Cl)C(F)(C(F)(F)F)S(=O)(=O)F. The first-order chi connectivity index (χ1) is 5.44. The smallest absolute Gasteiger partial charge is 0.276 e. The number of carbonyl (C=O) groups excluding carboxylic acids is 1. The third-order valence-electron chi connectivity index (χ3n) is 0.953. The van der Waals surface area contributed by atoms with E-state index < -0.39 is 26.6 Å². The molecule has 0 bridgehead atoms. The van der Waals surface area contributed by atoms with Crippen molar-refractivity contribution in [3.63, 3.8) is 0 Å². The highest BCUT2D eigenvalue weighted by Crippen LogP contribution is 2.41. The molecule has 0 heterocycles. The van der Waals surface area contributed by atoms with E-state index >= 15 is 0 Å². The zero-order valence-electron chi connectivity index (χ0n) is 5.40. The Morgan fingerprint density at radius 2 is 1.46 bits per heavy atom. The fraction of sp³-hybridized carbons (Fsp3) is 0.667. The molecule has 1 unspecified atom stereocenters. The average molecular weight is 247 g/mol. The maximum absolute atomic E-state index is 12.4. The normalized spacial score (nSPS) is 18.0. The van der Waals surface area contributed by atoms with Crippen molar-refractivity contribution in [2.45, 2.75) is 11.2 Å². The lowest BCUT2D eigenvalue weighted by Crippen LogP contribution is -2.50. The fourth-order valence-electron chi connectivity index (χ4n) is 0.346. The van der Waals surface area contributed by atoms with E-state index in [1.54, 1.807) is 0 Å². The molecule has 0 aromatic carbocycles. The van der Waals surface area contributed by atoms with Crippen LogP contribution in [0.3, 0.4) is 0 Å². The first kappa shape index (κ1) is 12.6. The van der Waals surface area contributed by atoms with Crippen molar-refractivity contribution < 1.29 is 34.7 Å². The minimum Gasteiger partial charge on any atom is -0.276 e. The Labute approximate surface area is 73.7 Å². The molecule has 13 heavy (non-hydrogen) atoms. The Morgan fingerprint density at radius 3 is 1.46 bits per heavy atom. The third-order valence-corrected chi connectivity index (χ3v) is 2.41. The summed E-state index contributed by atoms with van der Waals surface area (Å²) in [5.41, 5.74) is 0. The summed E-state index contributed by atoms with van der Waals surface area (Å²) in [6.45, 7) is 0. The van der Waals surface area contributed by atoms with Gasteiger partial charge in [0.2, 0.25) is 0 Å². The van der Waals surface area contributed by atoms with Gasteiger partial charge in [-0.1, -0.05) is 0 Å². The van der Waals surface area contributed by atoms with E-state index in [2.05, 4.69) is 11.6 Å². The van der Waals surface area contributed by atoms with Gasteiger partial charge in [0.15, 0.2) is 0 Å². The molecule has 0 saturated carbocycles. The van der Waals surface area contributed by atoms with Gasteiger partial charge in [0, 0.05) is 0 Å². The zero-order valence-corrected chi connectivity index (χ0v) is 6.97. The number of alkyl halides is 4. The Kier molecular flexibility index (Phi) is 2.95. The number of halogens is 6. The molecule has 0 amide bonds. The van der Waals surface area contributed by atoms with E-state index in [4.69, 9.17) is 0 Å². The molecule has 78 valence electrons. The molecule has 0 spiro atoms. The second-order valence-corrected chi connectivity index (χ2v) is 3.59. The lowest BCUT2D eigenvalue weighted by molar-refractivity contribution is -0.195. The second-order valence-electron chi connectivity index (χ2n) is 1.80. The summed E-state index contributed by atoms with van der Waals surface area (Å²) in [6.07, 6.45) is -6.25. The molecule has 0 N–H and O–H groups in total. The van der Waals surface area contributed by atoms with Crippen LogP contribution in [0.2, 0.25) is 0 Å². The van der Waals surface area contributed by atoms with Crippen LogP contribution in [0.15, 0.2) is 0 Å². The summed E-state index contributed by atoms with van der Waals surface area (Å²) < 4.78 is 78.1. The number of rotatable bonds is 2. The van der Waals surface area contributed by atoms with Crippen molar-refractivity contribution in [3.8, 4) is 0 Å². The molecular weight excluding hydrogens is 247 g/mol. The predicted octanol–water partition coefficient (Wildman–Crippen LogP) is 1.28. The van der Waals surface area contributed by atoms with E-state index in [-0.39, 0.29) is 0 Å². The summed E-state index contributed by atoms with van der Waals surface area (Å²) >= 11 is 4.00. The van der Waals surface area contributed by atoms with E-state index in [0.717, 1.165) is 0 Å². The van der Waals surface area contributed by atoms with Gasteiger partial charge in [-0.15, -0.1) is 3.89 Å². The zero-order chi connectivity index (χ0) is 11.1. The molecule has 0 aromatic heterocycles. The summed E-state index contributed by atoms with van der Waals surface area (Å²) in [5.74, 6) is 0. The van der Waals surface area contributed by atoms with Crippen LogP contribution in [0.1, 0.15) is 0 Å². The summed E-state index contributed by atoms with van der Waals surface area (Å²) in [4.78, 5) is 9.81. The van der Waals surface area contributed by atoms with E-state index in [0.29, 0.717) is 0 Å². The fourth-order valence-corrected chi connectivity index (χ4v) is 1.20. The first-order valence-electron chi connectivity index (χ1n) is 2.34. The highest BCUT2D eigenvalue weighted by molar-refractivity contribution is 7.88. The molecular formula is C3ClF5O3S. The van der Waals surface area contributed by atoms with Gasteiger partial charge in [-0.2, -0.15) is 21.6 Å². The Bertz CT molecular complexity index is 320. The maximum atomic E-state index is 12.4. The molecule has 0 aliphatic heterocycles. The lowest BCUT2D eigenvalue weighted by Gasteiger charge is -2.18. The van der Waals surface area contributed by atoms with Crippen LogP contribution in [0.5, 0.6) is 0 Å². The molecule has 1 atom stereocenters. The van der Waals surface area contributed by atoms with Crippen LogP contribution in [0, 0.1) is 0 Å². The van der Waals surface area contributed by atoms with Crippen molar-refractivity contribution in [1.82, 2.24) is 0 Å². The Hall–Kier alpha value is -0.440. The van der Waals surface area contributed by atoms with Gasteiger partial charge in [0.05, 0.1) is 0 Å². The van der Waals surface area contributed by atoms with Crippen LogP contribution in [0.4, 0.5) is 21.4 Å². The van der Waals surface area contributed by atoms with Crippen molar-refractivity contribution in [2.24, 2.45) is 0 Å². The molecule has 0 aliphatic carbocycles. The maximum Gasteiger partial charge on any atom is 0.449 e.